The summed E-state index contributed by atoms with van der Waals surface area (Å²) in [5.74, 6) is -2.04. The minimum absolute atomic E-state index is 0.0741. The van der Waals surface area contributed by atoms with Crippen molar-refractivity contribution in [2.45, 2.75) is 5.16 Å². The zero-order chi connectivity index (χ0) is 17.8. The highest BCUT2D eigenvalue weighted by molar-refractivity contribution is 7.99. The van der Waals surface area contributed by atoms with Gasteiger partial charge in [0.15, 0.2) is 0 Å². The molecule has 2 N–H and O–H groups in total. The van der Waals surface area contributed by atoms with Crippen LogP contribution in [-0.4, -0.2) is 37.0 Å². The Labute approximate surface area is 144 Å². The average Bonchev–Trinajstić information content (AvgIpc) is 3.05. The van der Waals surface area contributed by atoms with Crippen molar-refractivity contribution in [2.24, 2.45) is 0 Å². The monoisotopic (exact) mass is 363 g/mol. The molecule has 0 radical (unpaired) electrons. The van der Waals surface area contributed by atoms with Gasteiger partial charge in [-0.3, -0.25) is 4.79 Å². The van der Waals surface area contributed by atoms with Crippen LogP contribution in [0.4, 0.5) is 14.5 Å². The Morgan fingerprint density at radius 2 is 1.96 bits per heavy atom. The van der Waals surface area contributed by atoms with Crippen molar-refractivity contribution < 1.29 is 18.7 Å². The first kappa shape index (κ1) is 16.8. The Hall–Kier alpha value is -3.01. The van der Waals surface area contributed by atoms with Gasteiger partial charge in [-0.15, -0.1) is 5.10 Å². The zero-order valence-corrected chi connectivity index (χ0v) is 13.4. The molecule has 0 bridgehead atoms. The summed E-state index contributed by atoms with van der Waals surface area (Å²) in [7, 11) is 0. The molecule has 3 rings (SSSR count). The van der Waals surface area contributed by atoms with Crippen LogP contribution in [0.1, 0.15) is 0 Å². The number of aromatic hydroxyl groups is 1. The van der Waals surface area contributed by atoms with Gasteiger partial charge in [0.25, 0.3) is 0 Å². The SMILES string of the molecule is O=C(CSc1nnnn1-c1ccc(O)cc1)Nc1ccc(F)cc1F. The van der Waals surface area contributed by atoms with Crippen molar-refractivity contribution in [3.8, 4) is 11.4 Å². The lowest BCUT2D eigenvalue weighted by molar-refractivity contribution is -0.113. The summed E-state index contributed by atoms with van der Waals surface area (Å²) in [5, 5.41) is 23.2. The van der Waals surface area contributed by atoms with Gasteiger partial charge in [0.05, 0.1) is 17.1 Å². The van der Waals surface area contributed by atoms with Gasteiger partial charge in [0.1, 0.15) is 17.4 Å². The predicted molar refractivity (Wildman–Crippen MR) is 86.5 cm³/mol. The van der Waals surface area contributed by atoms with Crippen LogP contribution in [0.2, 0.25) is 0 Å². The molecule has 0 fully saturated rings. The number of anilines is 1. The van der Waals surface area contributed by atoms with E-state index < -0.39 is 17.5 Å². The second kappa shape index (κ2) is 7.26. The van der Waals surface area contributed by atoms with E-state index in [2.05, 4.69) is 20.8 Å². The van der Waals surface area contributed by atoms with E-state index in [4.69, 9.17) is 0 Å². The molecular formula is C15H11F2N5O2S. The Morgan fingerprint density at radius 3 is 2.68 bits per heavy atom. The fourth-order valence-electron chi connectivity index (χ4n) is 1.93. The number of carbonyl (C=O) groups is 1. The number of nitrogens with zero attached hydrogens (tertiary/aromatic N) is 4. The maximum Gasteiger partial charge on any atom is 0.234 e. The molecule has 0 aliphatic rings. The van der Waals surface area contributed by atoms with Crippen LogP contribution in [0.25, 0.3) is 5.69 Å². The molecule has 7 nitrogen and oxygen atoms in total. The molecule has 25 heavy (non-hydrogen) atoms. The summed E-state index contributed by atoms with van der Waals surface area (Å²) < 4.78 is 27.8. The van der Waals surface area contributed by atoms with Gasteiger partial charge in [-0.05, 0) is 46.8 Å². The van der Waals surface area contributed by atoms with Crippen molar-refractivity contribution in [2.75, 3.05) is 11.1 Å². The Kier molecular flexibility index (Phi) is 4.89. The van der Waals surface area contributed by atoms with Gasteiger partial charge in [0.2, 0.25) is 11.1 Å². The third-order valence-electron chi connectivity index (χ3n) is 3.07. The van der Waals surface area contributed by atoms with Gasteiger partial charge in [-0.1, -0.05) is 11.8 Å². The summed E-state index contributed by atoms with van der Waals surface area (Å²) in [5.41, 5.74) is 0.500. The molecule has 3 aromatic rings. The first-order valence-corrected chi connectivity index (χ1v) is 7.97. The van der Waals surface area contributed by atoms with E-state index in [1.165, 1.54) is 16.8 Å². The van der Waals surface area contributed by atoms with Crippen molar-refractivity contribution in [3.05, 3.63) is 54.1 Å². The maximum atomic E-state index is 13.5. The number of tetrazole rings is 1. The number of phenols is 1. The number of rotatable bonds is 5. The predicted octanol–water partition coefficient (Wildman–Crippen LogP) is 2.38. The van der Waals surface area contributed by atoms with E-state index in [1.807, 2.05) is 0 Å². The fourth-order valence-corrected chi connectivity index (χ4v) is 2.62. The number of hydrogen-bond acceptors (Lipinski definition) is 6. The Balaban J connectivity index is 1.65. The highest BCUT2D eigenvalue weighted by atomic mass is 32.2. The number of benzene rings is 2. The molecule has 10 heteroatoms. The van der Waals surface area contributed by atoms with Crippen molar-refractivity contribution >= 4 is 23.4 Å². The zero-order valence-electron chi connectivity index (χ0n) is 12.6. The van der Waals surface area contributed by atoms with Gasteiger partial charge >= 0.3 is 0 Å². The molecular weight excluding hydrogens is 352 g/mol. The minimum Gasteiger partial charge on any atom is -0.508 e. The molecule has 0 unspecified atom stereocenters. The standard InChI is InChI=1S/C15H11F2N5O2S/c16-9-1-6-13(12(17)7-9)18-14(24)8-25-15-19-20-21-22(15)10-2-4-11(23)5-3-10/h1-7,23H,8H2,(H,18,24). The third kappa shape index (κ3) is 4.10. The normalized spacial score (nSPS) is 10.6. The molecule has 0 saturated heterocycles. The first-order chi connectivity index (χ1) is 12.0. The summed E-state index contributed by atoms with van der Waals surface area (Å²) >= 11 is 1.04. The van der Waals surface area contributed by atoms with Crippen LogP contribution in [-0.2, 0) is 4.79 Å². The average molecular weight is 363 g/mol. The van der Waals surface area contributed by atoms with E-state index in [0.717, 1.165) is 23.9 Å². The van der Waals surface area contributed by atoms with Crippen molar-refractivity contribution in [3.63, 3.8) is 0 Å². The number of carbonyl (C=O) groups excluding carboxylic acids is 1. The van der Waals surface area contributed by atoms with Crippen LogP contribution in [0, 0.1) is 11.6 Å². The second-order valence-corrected chi connectivity index (χ2v) is 5.79. The molecule has 0 aliphatic heterocycles. The number of thioether (sulfide) groups is 1. The van der Waals surface area contributed by atoms with Crippen LogP contribution >= 0.6 is 11.8 Å². The molecule has 1 heterocycles. The molecule has 0 saturated carbocycles. The molecule has 0 atom stereocenters. The van der Waals surface area contributed by atoms with Gasteiger partial charge in [-0.2, -0.15) is 4.68 Å². The van der Waals surface area contributed by atoms with Gasteiger partial charge in [0, 0.05) is 6.07 Å². The van der Waals surface area contributed by atoms with Crippen molar-refractivity contribution in [1.82, 2.24) is 20.2 Å². The summed E-state index contributed by atoms with van der Waals surface area (Å²) in [6.45, 7) is 0. The van der Waals surface area contributed by atoms with Crippen LogP contribution in [0.3, 0.4) is 0 Å². The molecule has 0 spiro atoms. The number of phenolic OH excluding ortho intramolecular Hbond substituents is 1. The second-order valence-electron chi connectivity index (χ2n) is 4.85. The summed E-state index contributed by atoms with van der Waals surface area (Å²) in [6.07, 6.45) is 0. The Morgan fingerprint density at radius 1 is 1.20 bits per heavy atom. The van der Waals surface area contributed by atoms with Crippen LogP contribution in [0.5, 0.6) is 5.75 Å². The van der Waals surface area contributed by atoms with Crippen LogP contribution in [0.15, 0.2) is 47.6 Å². The minimum atomic E-state index is -0.854. The lowest BCUT2D eigenvalue weighted by Gasteiger charge is -2.07. The lowest BCUT2D eigenvalue weighted by Crippen LogP contribution is -2.15. The number of hydrogen-bond donors (Lipinski definition) is 2. The molecule has 1 amide bonds. The van der Waals surface area contributed by atoms with E-state index in [9.17, 15) is 18.7 Å². The van der Waals surface area contributed by atoms with E-state index in [1.54, 1.807) is 12.1 Å². The van der Waals surface area contributed by atoms with Gasteiger partial charge < -0.3 is 10.4 Å². The summed E-state index contributed by atoms with van der Waals surface area (Å²) in [4.78, 5) is 11.9. The topological polar surface area (TPSA) is 92.9 Å². The fraction of sp³-hybridized carbons (Fsp3) is 0.0667. The van der Waals surface area contributed by atoms with Gasteiger partial charge in [-0.25, -0.2) is 8.78 Å². The van der Waals surface area contributed by atoms with Crippen LogP contribution < -0.4 is 5.32 Å². The lowest BCUT2D eigenvalue weighted by atomic mass is 10.3. The van der Waals surface area contributed by atoms with E-state index in [-0.39, 0.29) is 17.2 Å². The summed E-state index contributed by atoms with van der Waals surface area (Å²) in [6, 6.07) is 9.08. The Bertz CT molecular complexity index is 901. The largest absolute Gasteiger partial charge is 0.508 e. The quantitative estimate of drug-likeness (QED) is 0.676. The van der Waals surface area contributed by atoms with E-state index in [0.29, 0.717) is 16.9 Å². The molecule has 1 aromatic heterocycles. The van der Waals surface area contributed by atoms with Crippen molar-refractivity contribution in [1.29, 1.82) is 0 Å². The molecule has 2 aromatic carbocycles. The highest BCUT2D eigenvalue weighted by Gasteiger charge is 2.13. The smallest absolute Gasteiger partial charge is 0.234 e. The maximum absolute atomic E-state index is 13.5. The number of halogens is 2. The van der Waals surface area contributed by atoms with E-state index >= 15 is 0 Å². The molecule has 0 aliphatic carbocycles. The third-order valence-corrected chi connectivity index (χ3v) is 3.99. The number of nitrogens with one attached hydrogen (secondary N) is 1. The first-order valence-electron chi connectivity index (χ1n) is 6.98. The highest BCUT2D eigenvalue weighted by Crippen LogP contribution is 2.21. The number of aromatic nitrogens is 4. The molecule has 128 valence electrons. The number of amides is 1.